The lowest BCUT2D eigenvalue weighted by atomic mass is 9.86. The van der Waals surface area contributed by atoms with E-state index in [4.69, 9.17) is 30.1 Å². The van der Waals surface area contributed by atoms with E-state index in [1.165, 1.54) is 6.07 Å². The van der Waals surface area contributed by atoms with E-state index in [0.29, 0.717) is 78.9 Å². The van der Waals surface area contributed by atoms with Crippen LogP contribution in [0.5, 0.6) is 11.5 Å². The van der Waals surface area contributed by atoms with E-state index in [1.807, 2.05) is 13.0 Å². The Bertz CT molecular complexity index is 1870. The van der Waals surface area contributed by atoms with Crippen molar-refractivity contribution in [2.24, 2.45) is 11.5 Å². The second-order valence-electron chi connectivity index (χ2n) is 13.4. The van der Waals surface area contributed by atoms with Gasteiger partial charge in [0.05, 0.1) is 18.0 Å². The van der Waals surface area contributed by atoms with Gasteiger partial charge in [-0.15, -0.1) is 0 Å². The number of nitrogens with two attached hydrogens (primary N) is 2. The molecule has 6 heterocycles. The summed E-state index contributed by atoms with van der Waals surface area (Å²) in [5.74, 6) is 2.53. The second-order valence-corrected chi connectivity index (χ2v) is 16.0. The van der Waals surface area contributed by atoms with Crippen molar-refractivity contribution in [3.05, 3.63) is 80.3 Å². The van der Waals surface area contributed by atoms with Crippen LogP contribution in [0.2, 0.25) is 0 Å². The molecule has 262 valence electrons. The van der Waals surface area contributed by atoms with E-state index in [2.05, 4.69) is 22.8 Å². The largest absolute Gasteiger partial charge is 0.507 e. The highest BCUT2D eigenvalue weighted by molar-refractivity contribution is 8.76. The summed E-state index contributed by atoms with van der Waals surface area (Å²) in [6.45, 7) is 4.10. The summed E-state index contributed by atoms with van der Waals surface area (Å²) in [4.78, 5) is 27.0. The number of nitrogens with one attached hydrogen (secondary N) is 2. The van der Waals surface area contributed by atoms with Crippen LogP contribution in [0.1, 0.15) is 50.4 Å². The number of benzene rings is 1. The zero-order valence-electron chi connectivity index (χ0n) is 27.5. The number of aliphatic hydroxyl groups is 1. The van der Waals surface area contributed by atoms with Crippen molar-refractivity contribution in [3.8, 4) is 11.5 Å². The molecule has 0 saturated carbocycles. The fraction of sp³-hybridized carbons (Fsp3) is 0.486. The summed E-state index contributed by atoms with van der Waals surface area (Å²) in [7, 11) is 3.33. The monoisotopic (exact) mass is 710 g/mol. The van der Waals surface area contributed by atoms with E-state index in [-0.39, 0.29) is 41.2 Å². The molecule has 49 heavy (non-hydrogen) atoms. The fourth-order valence-electron chi connectivity index (χ4n) is 7.29. The number of phenolic OH excluding ortho intramolecular Hbond substituents is 1. The van der Waals surface area contributed by atoms with Gasteiger partial charge in [0.25, 0.3) is 0 Å². The molecule has 0 aliphatic carbocycles. The maximum atomic E-state index is 14.1. The molecule has 5 unspecified atom stereocenters. The minimum Gasteiger partial charge on any atom is -0.507 e. The molecule has 5 aliphatic rings. The Hall–Kier alpha value is -3.72. The number of phenols is 1. The van der Waals surface area contributed by atoms with E-state index < -0.39 is 29.4 Å². The maximum Gasteiger partial charge on any atom is 0.341 e. The number of rotatable bonds is 3. The number of hydrogen-bond donors (Lipinski definition) is 6. The van der Waals surface area contributed by atoms with Crippen LogP contribution < -0.4 is 32.3 Å². The van der Waals surface area contributed by atoms with Gasteiger partial charge in [-0.05, 0) is 56.8 Å². The van der Waals surface area contributed by atoms with E-state index in [1.54, 1.807) is 34.6 Å². The third kappa shape index (κ3) is 6.39. The van der Waals surface area contributed by atoms with E-state index >= 15 is 0 Å². The van der Waals surface area contributed by atoms with Gasteiger partial charge in [0.15, 0.2) is 11.0 Å². The maximum absolute atomic E-state index is 14.1. The molecule has 0 radical (unpaired) electrons. The molecule has 7 rings (SSSR count). The van der Waals surface area contributed by atoms with Gasteiger partial charge < -0.3 is 50.9 Å². The Labute approximate surface area is 291 Å². The molecule has 5 aliphatic heterocycles. The number of dihydropyridines is 2. The molecule has 1 fully saturated rings. The zero-order valence-corrected chi connectivity index (χ0v) is 29.1. The molecule has 12 nitrogen and oxygen atoms in total. The number of carbonyl (C=O) groups is 1. The molecule has 2 aromatic rings. The Balaban J connectivity index is 1.23. The Kier molecular flexibility index (Phi) is 9.09. The lowest BCUT2D eigenvalue weighted by Gasteiger charge is -2.42. The molecule has 1 saturated heterocycles. The number of carbonyl (C=O) groups excluding carboxylic acids is 1. The van der Waals surface area contributed by atoms with Crippen molar-refractivity contribution < 1.29 is 33.6 Å². The van der Waals surface area contributed by atoms with Gasteiger partial charge in [0.1, 0.15) is 45.8 Å². The van der Waals surface area contributed by atoms with Crippen molar-refractivity contribution in [2.75, 3.05) is 24.7 Å². The number of fused-ring (bicyclic) bond motifs is 7. The molecular weight excluding hydrogens is 669 g/mol. The van der Waals surface area contributed by atoms with Gasteiger partial charge in [-0.3, -0.25) is 4.79 Å². The molecular formula is C35H42N4O8S2. The molecule has 8 N–H and O–H groups in total. The van der Waals surface area contributed by atoms with Crippen LogP contribution in [0.25, 0.3) is 11.0 Å². The Morgan fingerprint density at radius 2 is 2.00 bits per heavy atom. The van der Waals surface area contributed by atoms with Gasteiger partial charge in [0.2, 0.25) is 0 Å². The minimum atomic E-state index is -1.21. The lowest BCUT2D eigenvalue weighted by Crippen LogP contribution is -2.53. The summed E-state index contributed by atoms with van der Waals surface area (Å²) in [6, 6.07) is 2.82. The first-order chi connectivity index (χ1) is 23.5. The van der Waals surface area contributed by atoms with Crippen LogP contribution in [0.3, 0.4) is 0 Å². The van der Waals surface area contributed by atoms with Gasteiger partial charge in [0, 0.05) is 60.8 Å². The summed E-state index contributed by atoms with van der Waals surface area (Å²) < 4.78 is 24.9. The number of ether oxygens (including phenoxy) is 3. The molecule has 14 heteroatoms. The number of allylic oxidation sites excluding steroid dienone is 2. The Morgan fingerprint density at radius 3 is 2.82 bits per heavy atom. The van der Waals surface area contributed by atoms with Crippen LogP contribution in [0.4, 0.5) is 0 Å². The van der Waals surface area contributed by atoms with E-state index in [0.717, 1.165) is 16.7 Å². The normalized spacial score (nSPS) is 30.2. The van der Waals surface area contributed by atoms with Crippen molar-refractivity contribution in [3.63, 3.8) is 0 Å². The molecule has 0 amide bonds. The number of aryl methyl sites for hydroxylation is 1. The average Bonchev–Trinajstić information content (AvgIpc) is 3.77. The van der Waals surface area contributed by atoms with Crippen molar-refractivity contribution >= 4 is 38.5 Å². The highest BCUT2D eigenvalue weighted by Gasteiger charge is 2.63. The third-order valence-corrected chi connectivity index (χ3v) is 12.3. The average molecular weight is 711 g/mol. The number of esters is 1. The van der Waals surface area contributed by atoms with Crippen LogP contribution in [-0.2, 0) is 20.7 Å². The smallest absolute Gasteiger partial charge is 0.341 e. The first-order valence-corrected chi connectivity index (χ1v) is 19.1. The zero-order chi connectivity index (χ0) is 34.5. The highest BCUT2D eigenvalue weighted by atomic mass is 33.1. The van der Waals surface area contributed by atoms with Crippen LogP contribution in [0.15, 0.2) is 67.9 Å². The molecule has 0 spiro atoms. The van der Waals surface area contributed by atoms with E-state index in [9.17, 15) is 19.8 Å². The second kappa shape index (κ2) is 13.2. The first-order valence-electron chi connectivity index (χ1n) is 16.6. The summed E-state index contributed by atoms with van der Waals surface area (Å²) in [5.41, 5.74) is 14.0. The third-order valence-electron chi connectivity index (χ3n) is 10.0. The van der Waals surface area contributed by atoms with Crippen LogP contribution in [-0.4, -0.2) is 70.3 Å². The standard InChI is InChI=1S/C35H42N4O8S2/c1-18-12-24(41)30-26(44-18)16-25-21(31(30)42)15-28-34(2,46-25)8-11-48-49-17-22-20(6-9-38-32(22)37)23-13-19(14-29(36)39-23)4-5-27-35(47-27,7-3-10-40)33(43)45-28/h6,12-14,16,23,27-28,38-40,42H,3-5,7-11,15,17,36-37H2,1-2H3. The van der Waals surface area contributed by atoms with Crippen LogP contribution in [0, 0.1) is 6.92 Å². The van der Waals surface area contributed by atoms with Gasteiger partial charge in [-0.1, -0.05) is 33.7 Å². The molecule has 5 atom stereocenters. The summed E-state index contributed by atoms with van der Waals surface area (Å²) in [6.07, 6.45) is 7.42. The van der Waals surface area contributed by atoms with Gasteiger partial charge in [-0.25, -0.2) is 4.79 Å². The number of epoxide rings is 1. The van der Waals surface area contributed by atoms with Crippen LogP contribution >= 0.6 is 21.6 Å². The quantitative estimate of drug-likeness (QED) is 0.154. The number of hydrogen-bond acceptors (Lipinski definition) is 14. The van der Waals surface area contributed by atoms with Crippen molar-refractivity contribution in [2.45, 2.75) is 81.8 Å². The fourth-order valence-corrected chi connectivity index (χ4v) is 9.63. The van der Waals surface area contributed by atoms with Crippen molar-refractivity contribution in [1.82, 2.24) is 10.6 Å². The minimum absolute atomic E-state index is 0.0587. The topological polar surface area (TPSA) is 195 Å². The van der Waals surface area contributed by atoms with Crippen molar-refractivity contribution in [1.29, 1.82) is 0 Å². The predicted molar refractivity (Wildman–Crippen MR) is 189 cm³/mol. The number of aliphatic hydroxyl groups excluding tert-OH is 1. The lowest BCUT2D eigenvalue weighted by molar-refractivity contribution is -0.169. The molecule has 2 bridgehead atoms. The molecule has 1 aromatic carbocycles. The summed E-state index contributed by atoms with van der Waals surface area (Å²) in [5, 5.41) is 27.7. The van der Waals surface area contributed by atoms with Gasteiger partial charge in [-0.2, -0.15) is 0 Å². The van der Waals surface area contributed by atoms with Gasteiger partial charge >= 0.3 is 5.97 Å². The Morgan fingerprint density at radius 1 is 1.16 bits per heavy atom. The number of aromatic hydroxyl groups is 1. The molecule has 1 aromatic heterocycles. The summed E-state index contributed by atoms with van der Waals surface area (Å²) >= 11 is 0. The SMILES string of the molecule is Cc1cc(=O)c2c(O)c3c(cc2o1)OC1(C)CCSSCC2=C(N)NCC=C2C2C=C(C=C(N)N2)CCC2OC2(CCCO)C(=O)OC1C3. The first kappa shape index (κ1) is 33.8. The predicted octanol–water partition coefficient (Wildman–Crippen LogP) is 3.29. The highest BCUT2D eigenvalue weighted by Crippen LogP contribution is 2.49.